The first kappa shape index (κ1) is 13.9. The standard InChI is InChI=1S/C15H13BrN4O/c1-9(2)20-7-13(12-6-18-8-19-15(12)20)14(21)10-3-11(16)5-17-4-10/h3-9H,1-2H3. The third kappa shape index (κ3) is 2.47. The maximum atomic E-state index is 12.7. The summed E-state index contributed by atoms with van der Waals surface area (Å²) >= 11 is 3.34. The van der Waals surface area contributed by atoms with Crippen molar-refractivity contribution >= 4 is 32.7 Å². The van der Waals surface area contributed by atoms with Crippen LogP contribution in [-0.4, -0.2) is 25.3 Å². The van der Waals surface area contributed by atoms with Crippen LogP contribution in [-0.2, 0) is 0 Å². The number of pyridine rings is 1. The van der Waals surface area contributed by atoms with Crippen molar-refractivity contribution in [1.29, 1.82) is 0 Å². The van der Waals surface area contributed by atoms with Crippen LogP contribution < -0.4 is 0 Å². The van der Waals surface area contributed by atoms with Crippen molar-refractivity contribution in [2.45, 2.75) is 19.9 Å². The zero-order chi connectivity index (χ0) is 15.0. The van der Waals surface area contributed by atoms with Gasteiger partial charge in [0.15, 0.2) is 5.78 Å². The second-order valence-electron chi connectivity index (χ2n) is 5.02. The fraction of sp³-hybridized carbons (Fsp3) is 0.200. The highest BCUT2D eigenvalue weighted by molar-refractivity contribution is 9.10. The summed E-state index contributed by atoms with van der Waals surface area (Å²) in [6.45, 7) is 4.10. The van der Waals surface area contributed by atoms with E-state index in [1.807, 2.05) is 10.8 Å². The number of carbonyl (C=O) groups excluding carboxylic acids is 1. The van der Waals surface area contributed by atoms with Crippen molar-refractivity contribution in [3.8, 4) is 0 Å². The molecule has 0 aromatic carbocycles. The first-order chi connectivity index (χ1) is 10.1. The van der Waals surface area contributed by atoms with Crippen LogP contribution in [0.3, 0.4) is 0 Å². The quantitative estimate of drug-likeness (QED) is 0.683. The smallest absolute Gasteiger partial charge is 0.196 e. The molecular formula is C15H13BrN4O. The summed E-state index contributed by atoms with van der Waals surface area (Å²) < 4.78 is 2.76. The number of carbonyl (C=O) groups is 1. The fourth-order valence-corrected chi connectivity index (χ4v) is 2.62. The van der Waals surface area contributed by atoms with Crippen molar-refractivity contribution < 1.29 is 4.79 Å². The van der Waals surface area contributed by atoms with Gasteiger partial charge in [0.2, 0.25) is 0 Å². The number of rotatable bonds is 3. The van der Waals surface area contributed by atoms with E-state index in [9.17, 15) is 4.79 Å². The highest BCUT2D eigenvalue weighted by atomic mass is 79.9. The lowest BCUT2D eigenvalue weighted by atomic mass is 10.1. The Labute approximate surface area is 130 Å². The molecule has 6 heteroatoms. The lowest BCUT2D eigenvalue weighted by molar-refractivity contribution is 0.103. The number of hydrogen-bond acceptors (Lipinski definition) is 4. The summed E-state index contributed by atoms with van der Waals surface area (Å²) in [7, 11) is 0. The summed E-state index contributed by atoms with van der Waals surface area (Å²) in [5.74, 6) is -0.0806. The molecule has 3 heterocycles. The van der Waals surface area contributed by atoms with Crippen LogP contribution >= 0.6 is 15.9 Å². The summed E-state index contributed by atoms with van der Waals surface area (Å²) in [5, 5.41) is 0.760. The molecule has 21 heavy (non-hydrogen) atoms. The van der Waals surface area contributed by atoms with Gasteiger partial charge in [-0.05, 0) is 35.8 Å². The Balaban J connectivity index is 2.19. The molecule has 0 N–H and O–H groups in total. The van der Waals surface area contributed by atoms with Crippen LogP contribution in [0, 0.1) is 0 Å². The monoisotopic (exact) mass is 344 g/mol. The van der Waals surface area contributed by atoms with E-state index in [1.165, 1.54) is 6.33 Å². The molecule has 3 aromatic heterocycles. The van der Waals surface area contributed by atoms with Gasteiger partial charge in [-0.15, -0.1) is 0 Å². The van der Waals surface area contributed by atoms with Gasteiger partial charge >= 0.3 is 0 Å². The van der Waals surface area contributed by atoms with Gasteiger partial charge in [0.1, 0.15) is 12.0 Å². The first-order valence-corrected chi connectivity index (χ1v) is 7.33. The summed E-state index contributed by atoms with van der Waals surface area (Å²) in [5.41, 5.74) is 1.90. The van der Waals surface area contributed by atoms with E-state index in [1.54, 1.807) is 24.7 Å². The highest BCUT2D eigenvalue weighted by Crippen LogP contribution is 2.25. The molecule has 0 saturated carbocycles. The molecule has 0 radical (unpaired) electrons. The van der Waals surface area contributed by atoms with Crippen LogP contribution in [0.4, 0.5) is 0 Å². The van der Waals surface area contributed by atoms with Crippen LogP contribution in [0.25, 0.3) is 11.0 Å². The van der Waals surface area contributed by atoms with Crippen LogP contribution in [0.15, 0.2) is 41.7 Å². The number of aromatic nitrogens is 4. The Morgan fingerprint density at radius 3 is 2.76 bits per heavy atom. The largest absolute Gasteiger partial charge is 0.329 e. The van der Waals surface area contributed by atoms with Crippen molar-refractivity contribution in [2.24, 2.45) is 0 Å². The van der Waals surface area contributed by atoms with Gasteiger partial charge < -0.3 is 4.57 Å². The minimum absolute atomic E-state index is 0.0806. The van der Waals surface area contributed by atoms with E-state index < -0.39 is 0 Å². The number of nitrogens with zero attached hydrogens (tertiary/aromatic N) is 4. The van der Waals surface area contributed by atoms with E-state index in [2.05, 4.69) is 44.7 Å². The predicted molar refractivity (Wildman–Crippen MR) is 83.3 cm³/mol. The lowest BCUT2D eigenvalue weighted by Gasteiger charge is -2.07. The first-order valence-electron chi connectivity index (χ1n) is 6.53. The van der Waals surface area contributed by atoms with Crippen LogP contribution in [0.5, 0.6) is 0 Å². The van der Waals surface area contributed by atoms with E-state index >= 15 is 0 Å². The molecule has 0 atom stereocenters. The molecule has 0 saturated heterocycles. The summed E-state index contributed by atoms with van der Waals surface area (Å²) in [6, 6.07) is 1.97. The van der Waals surface area contributed by atoms with Gasteiger partial charge in [-0.25, -0.2) is 9.97 Å². The molecule has 3 aromatic rings. The Bertz CT molecular complexity index is 825. The number of hydrogen-bond donors (Lipinski definition) is 0. The minimum atomic E-state index is -0.0806. The van der Waals surface area contributed by atoms with Gasteiger partial charge in [-0.1, -0.05) is 0 Å². The van der Waals surface area contributed by atoms with Crippen LogP contribution in [0.2, 0.25) is 0 Å². The molecule has 106 valence electrons. The van der Waals surface area contributed by atoms with Crippen molar-refractivity contribution in [3.05, 3.63) is 52.8 Å². The molecule has 0 amide bonds. The Morgan fingerprint density at radius 1 is 1.24 bits per heavy atom. The second kappa shape index (κ2) is 5.37. The Kier molecular flexibility index (Phi) is 3.55. The summed E-state index contributed by atoms with van der Waals surface area (Å²) in [6.07, 6.45) is 8.23. The van der Waals surface area contributed by atoms with Gasteiger partial charge in [0.25, 0.3) is 0 Å². The van der Waals surface area contributed by atoms with Crippen molar-refractivity contribution in [3.63, 3.8) is 0 Å². The summed E-state index contributed by atoms with van der Waals surface area (Å²) in [4.78, 5) is 25.1. The van der Waals surface area contributed by atoms with Crippen molar-refractivity contribution in [2.75, 3.05) is 0 Å². The van der Waals surface area contributed by atoms with E-state index in [4.69, 9.17) is 0 Å². The molecule has 5 nitrogen and oxygen atoms in total. The SMILES string of the molecule is CC(C)n1cc(C(=O)c2cncc(Br)c2)c2cncnc21. The zero-order valence-electron chi connectivity index (χ0n) is 11.6. The van der Waals surface area contributed by atoms with Gasteiger partial charge in [-0.2, -0.15) is 0 Å². The molecule has 0 aliphatic rings. The topological polar surface area (TPSA) is 60.7 Å². The Morgan fingerprint density at radius 2 is 2.05 bits per heavy atom. The predicted octanol–water partition coefficient (Wildman–Crippen LogP) is 3.40. The molecule has 0 unspecified atom stereocenters. The van der Waals surface area contributed by atoms with E-state index in [0.717, 1.165) is 15.5 Å². The molecular weight excluding hydrogens is 332 g/mol. The van der Waals surface area contributed by atoms with Gasteiger partial charge in [0, 0.05) is 46.3 Å². The number of fused-ring (bicyclic) bond motifs is 1. The lowest BCUT2D eigenvalue weighted by Crippen LogP contribution is -2.02. The zero-order valence-corrected chi connectivity index (χ0v) is 13.2. The van der Waals surface area contributed by atoms with Gasteiger partial charge in [-0.3, -0.25) is 9.78 Å². The molecule has 0 fully saturated rings. The molecule has 0 aliphatic heterocycles. The fourth-order valence-electron chi connectivity index (χ4n) is 2.25. The third-order valence-corrected chi connectivity index (χ3v) is 3.70. The van der Waals surface area contributed by atoms with Gasteiger partial charge in [0.05, 0.1) is 5.56 Å². The minimum Gasteiger partial charge on any atom is -0.329 e. The van der Waals surface area contributed by atoms with Crippen molar-refractivity contribution in [1.82, 2.24) is 19.5 Å². The molecule has 0 bridgehead atoms. The average Bonchev–Trinajstić information content (AvgIpc) is 2.86. The molecule has 0 aliphatic carbocycles. The normalized spacial score (nSPS) is 11.2. The third-order valence-electron chi connectivity index (χ3n) is 3.26. The van der Waals surface area contributed by atoms with E-state index in [-0.39, 0.29) is 11.8 Å². The highest BCUT2D eigenvalue weighted by Gasteiger charge is 2.19. The Hall–Kier alpha value is -2.08. The maximum Gasteiger partial charge on any atom is 0.196 e. The molecule has 3 rings (SSSR count). The second-order valence-corrected chi connectivity index (χ2v) is 5.94. The maximum absolute atomic E-state index is 12.7. The number of halogens is 1. The average molecular weight is 345 g/mol. The molecule has 0 spiro atoms. The van der Waals surface area contributed by atoms with E-state index in [0.29, 0.717) is 11.1 Å². The number of ketones is 1. The van der Waals surface area contributed by atoms with Crippen LogP contribution in [0.1, 0.15) is 35.8 Å².